The summed E-state index contributed by atoms with van der Waals surface area (Å²) in [5.74, 6) is -2.46. The summed E-state index contributed by atoms with van der Waals surface area (Å²) in [7, 11) is 0. The molecule has 0 radical (unpaired) electrons. The normalized spacial score (nSPS) is 17.4. The molecule has 2 aliphatic heterocycles. The third kappa shape index (κ3) is 9.45. The molecule has 4 rings (SSSR count). The van der Waals surface area contributed by atoms with Gasteiger partial charge >= 0.3 is 5.97 Å². The van der Waals surface area contributed by atoms with Gasteiger partial charge in [-0.2, -0.15) is 0 Å². The number of benzene rings is 2. The molecule has 2 aromatic carbocycles. The Morgan fingerprint density at radius 1 is 0.833 bits per heavy atom. The molecule has 0 bridgehead atoms. The Labute approximate surface area is 248 Å². The summed E-state index contributed by atoms with van der Waals surface area (Å²) < 4.78 is 4.89. The van der Waals surface area contributed by atoms with E-state index < -0.39 is 22.4 Å². The first kappa shape index (κ1) is 31.8. The average molecular weight is 614 g/mol. The van der Waals surface area contributed by atoms with Crippen molar-refractivity contribution in [3.05, 3.63) is 59.7 Å². The van der Waals surface area contributed by atoms with E-state index in [2.05, 4.69) is 21.3 Å². The SMILES string of the molecule is CCOC(=O)c1cccc(NC(=O)CC2SC(=N)NC2=O)c1.N=C1NC(=O)C(CC(=O)Nc2cccc(C(N)=O)c2)S1. The van der Waals surface area contributed by atoms with Gasteiger partial charge < -0.3 is 31.7 Å². The van der Waals surface area contributed by atoms with E-state index in [-0.39, 0.29) is 59.0 Å². The second-order valence-corrected chi connectivity index (χ2v) is 11.0. The Hall–Kier alpha value is -4.70. The fourth-order valence-electron chi connectivity index (χ4n) is 3.55. The Balaban J connectivity index is 0.000000231. The maximum absolute atomic E-state index is 11.9. The van der Waals surface area contributed by atoms with Crippen molar-refractivity contribution in [2.24, 2.45) is 5.73 Å². The highest BCUT2D eigenvalue weighted by Crippen LogP contribution is 2.23. The molecule has 0 saturated carbocycles. The largest absolute Gasteiger partial charge is 0.462 e. The van der Waals surface area contributed by atoms with Crippen LogP contribution in [0.5, 0.6) is 0 Å². The summed E-state index contributed by atoms with van der Waals surface area (Å²) in [6, 6.07) is 12.6. The first-order valence-electron chi connectivity index (χ1n) is 12.3. The van der Waals surface area contributed by atoms with Gasteiger partial charge in [0.1, 0.15) is 10.5 Å². The molecule has 2 unspecified atom stereocenters. The van der Waals surface area contributed by atoms with Crippen molar-refractivity contribution < 1.29 is 33.5 Å². The predicted molar refractivity (Wildman–Crippen MR) is 158 cm³/mol. The maximum atomic E-state index is 11.9. The Kier molecular flexibility index (Phi) is 11.2. The van der Waals surface area contributed by atoms with Crippen molar-refractivity contribution >= 4 is 80.7 Å². The Morgan fingerprint density at radius 2 is 1.29 bits per heavy atom. The van der Waals surface area contributed by atoms with Crippen molar-refractivity contribution in [3.8, 4) is 0 Å². The van der Waals surface area contributed by atoms with Crippen LogP contribution in [-0.4, -0.2) is 62.9 Å². The number of anilines is 2. The lowest BCUT2D eigenvalue weighted by atomic mass is 10.2. The van der Waals surface area contributed by atoms with E-state index in [0.717, 1.165) is 23.5 Å². The number of amides is 5. The summed E-state index contributed by atoms with van der Waals surface area (Å²) in [6.07, 6.45) is -0.0812. The molecule has 2 atom stereocenters. The Bertz CT molecular complexity index is 1450. The van der Waals surface area contributed by atoms with Crippen molar-refractivity contribution in [1.82, 2.24) is 10.6 Å². The van der Waals surface area contributed by atoms with Crippen LogP contribution < -0.4 is 27.0 Å². The van der Waals surface area contributed by atoms with Gasteiger partial charge in [-0.15, -0.1) is 0 Å². The van der Waals surface area contributed by atoms with Gasteiger partial charge in [0.25, 0.3) is 0 Å². The van der Waals surface area contributed by atoms with E-state index in [1.807, 2.05) is 0 Å². The van der Waals surface area contributed by atoms with Gasteiger partial charge in [-0.25, -0.2) is 4.79 Å². The fourth-order valence-corrected chi connectivity index (χ4v) is 5.24. The number of primary amides is 1. The molecule has 2 aromatic rings. The van der Waals surface area contributed by atoms with E-state index in [9.17, 15) is 28.8 Å². The molecule has 42 heavy (non-hydrogen) atoms. The lowest BCUT2D eigenvalue weighted by molar-refractivity contribution is -0.122. The van der Waals surface area contributed by atoms with Crippen LogP contribution in [0.2, 0.25) is 0 Å². The topological polar surface area (TPSA) is 233 Å². The van der Waals surface area contributed by atoms with Gasteiger partial charge in [-0.3, -0.25) is 34.8 Å². The third-order valence-corrected chi connectivity index (χ3v) is 7.41. The molecule has 16 heteroatoms. The van der Waals surface area contributed by atoms with Crippen LogP contribution in [0.15, 0.2) is 48.5 Å². The zero-order chi connectivity index (χ0) is 30.8. The molecule has 0 aromatic heterocycles. The molecule has 0 aliphatic carbocycles. The van der Waals surface area contributed by atoms with Crippen LogP contribution in [0.4, 0.5) is 11.4 Å². The minimum atomic E-state index is -0.597. The standard InChI is InChI=1S/C14H15N3O4S.C12H12N4O3S/c1-2-21-13(20)8-4-3-5-9(6-8)16-11(18)7-10-12(19)17-14(15)22-10;13-10(18)6-2-1-3-7(4-6)15-9(17)5-8-11(19)16-12(14)20-8/h3-6,10H,2,7H2,1H3,(H,16,18)(H2,15,17,19);1-4,8H,5H2,(H2,13,18)(H,15,17)(H2,14,16,19). The lowest BCUT2D eigenvalue weighted by Crippen LogP contribution is -2.27. The molecule has 5 amide bonds. The summed E-state index contributed by atoms with van der Waals surface area (Å²) in [5.41, 5.74) is 6.67. The monoisotopic (exact) mass is 613 g/mol. The summed E-state index contributed by atoms with van der Waals surface area (Å²) in [6.45, 7) is 1.99. The number of carbonyl (C=O) groups excluding carboxylic acids is 6. The van der Waals surface area contributed by atoms with Crippen molar-refractivity contribution in [1.29, 1.82) is 10.8 Å². The molecule has 0 spiro atoms. The van der Waals surface area contributed by atoms with E-state index in [4.69, 9.17) is 21.3 Å². The number of esters is 1. The molecular weight excluding hydrogens is 586 g/mol. The van der Waals surface area contributed by atoms with Crippen molar-refractivity contribution in [2.45, 2.75) is 30.3 Å². The smallest absolute Gasteiger partial charge is 0.338 e. The van der Waals surface area contributed by atoms with Crippen LogP contribution in [0.25, 0.3) is 0 Å². The zero-order valence-electron chi connectivity index (χ0n) is 22.1. The number of thioether (sulfide) groups is 2. The van der Waals surface area contributed by atoms with Gasteiger partial charge in [-0.05, 0) is 43.3 Å². The quantitative estimate of drug-likeness (QED) is 0.203. The van der Waals surface area contributed by atoms with Crippen LogP contribution in [0.3, 0.4) is 0 Å². The average Bonchev–Trinajstić information content (AvgIpc) is 3.41. The zero-order valence-corrected chi connectivity index (χ0v) is 23.8. The molecule has 2 heterocycles. The number of ether oxygens (including phenoxy) is 1. The minimum absolute atomic E-state index is 0.0392. The fraction of sp³-hybridized carbons (Fsp3) is 0.231. The maximum Gasteiger partial charge on any atom is 0.338 e. The molecular formula is C26H27N7O7S2. The first-order valence-corrected chi connectivity index (χ1v) is 14.1. The van der Waals surface area contributed by atoms with Crippen LogP contribution in [0.1, 0.15) is 40.5 Å². The summed E-state index contributed by atoms with van der Waals surface area (Å²) in [4.78, 5) is 69.3. The molecule has 2 fully saturated rings. The molecule has 2 saturated heterocycles. The summed E-state index contributed by atoms with van der Waals surface area (Å²) in [5, 5.41) is 23.4. The number of hydrogen-bond donors (Lipinski definition) is 7. The predicted octanol–water partition coefficient (Wildman–Crippen LogP) is 1.64. The van der Waals surface area contributed by atoms with E-state index in [1.165, 1.54) is 12.1 Å². The van der Waals surface area contributed by atoms with E-state index in [1.54, 1.807) is 43.3 Å². The van der Waals surface area contributed by atoms with Gasteiger partial charge in [-0.1, -0.05) is 35.7 Å². The lowest BCUT2D eigenvalue weighted by Gasteiger charge is -2.08. The second kappa shape index (κ2) is 14.8. The van der Waals surface area contributed by atoms with Crippen LogP contribution in [0, 0.1) is 10.8 Å². The third-order valence-electron chi connectivity index (χ3n) is 5.41. The van der Waals surface area contributed by atoms with Gasteiger partial charge in [0.05, 0.1) is 12.2 Å². The number of hydrogen-bond acceptors (Lipinski definition) is 11. The highest BCUT2D eigenvalue weighted by Gasteiger charge is 2.32. The van der Waals surface area contributed by atoms with E-state index >= 15 is 0 Å². The first-order chi connectivity index (χ1) is 19.9. The molecule has 2 aliphatic rings. The molecule has 220 valence electrons. The Morgan fingerprint density at radius 3 is 1.69 bits per heavy atom. The van der Waals surface area contributed by atoms with Crippen molar-refractivity contribution in [3.63, 3.8) is 0 Å². The van der Waals surface area contributed by atoms with Crippen LogP contribution in [-0.2, 0) is 23.9 Å². The number of rotatable bonds is 9. The number of nitrogens with one attached hydrogen (secondary N) is 6. The number of nitrogens with two attached hydrogens (primary N) is 1. The minimum Gasteiger partial charge on any atom is -0.462 e. The highest BCUT2D eigenvalue weighted by atomic mass is 32.2. The van der Waals surface area contributed by atoms with Crippen molar-refractivity contribution in [2.75, 3.05) is 17.2 Å². The number of carbonyl (C=O) groups is 6. The number of amidine groups is 2. The highest BCUT2D eigenvalue weighted by molar-refractivity contribution is 8.15. The second-order valence-electron chi connectivity index (χ2n) is 8.60. The van der Waals surface area contributed by atoms with Crippen LogP contribution >= 0.6 is 23.5 Å². The summed E-state index contributed by atoms with van der Waals surface area (Å²) >= 11 is 2.02. The van der Waals surface area contributed by atoms with E-state index in [0.29, 0.717) is 16.9 Å². The molecule has 8 N–H and O–H groups in total. The van der Waals surface area contributed by atoms with Gasteiger partial charge in [0.2, 0.25) is 29.5 Å². The van der Waals surface area contributed by atoms with Gasteiger partial charge in [0, 0.05) is 29.8 Å². The molecule has 14 nitrogen and oxygen atoms in total. The van der Waals surface area contributed by atoms with Gasteiger partial charge in [0.15, 0.2) is 10.3 Å².